The molecule has 3 aromatic rings. The van der Waals surface area contributed by atoms with E-state index >= 15 is 0 Å². The van der Waals surface area contributed by atoms with Gasteiger partial charge in [-0.3, -0.25) is 9.10 Å². The number of hydrogen-bond acceptors (Lipinski definition) is 7. The quantitative estimate of drug-likeness (QED) is 0.499. The van der Waals surface area contributed by atoms with Crippen LogP contribution in [0.25, 0.3) is 0 Å². The number of ether oxygens (including phenoxy) is 2. The molecule has 1 aliphatic rings. The molecule has 0 spiro atoms. The summed E-state index contributed by atoms with van der Waals surface area (Å²) < 4.78 is 62.6. The summed E-state index contributed by atoms with van der Waals surface area (Å²) in [6, 6.07) is 18.4. The summed E-state index contributed by atoms with van der Waals surface area (Å²) in [7, 11) is -5.85. The molecule has 0 radical (unpaired) electrons. The predicted molar refractivity (Wildman–Crippen MR) is 134 cm³/mol. The molecule has 1 aliphatic heterocycles. The highest BCUT2D eigenvalue weighted by Crippen LogP contribution is 2.37. The summed E-state index contributed by atoms with van der Waals surface area (Å²) in [5, 5.41) is 2.83. The lowest BCUT2D eigenvalue weighted by Crippen LogP contribution is -2.51. The Bertz CT molecular complexity index is 1470. The fraction of sp³-hybridized carbons (Fsp3) is 0.240. The van der Waals surface area contributed by atoms with E-state index in [1.807, 2.05) is 0 Å². The number of benzene rings is 3. The number of nitrogens with one attached hydrogen (secondary N) is 1. The highest BCUT2D eigenvalue weighted by molar-refractivity contribution is 7.92. The highest BCUT2D eigenvalue weighted by atomic mass is 32.2. The maximum absolute atomic E-state index is 13.5. The Labute approximate surface area is 210 Å². The zero-order valence-electron chi connectivity index (χ0n) is 19.9. The second kappa shape index (κ2) is 9.82. The summed E-state index contributed by atoms with van der Waals surface area (Å²) in [4.78, 5) is 13.4. The van der Waals surface area contributed by atoms with E-state index in [9.17, 15) is 21.6 Å². The van der Waals surface area contributed by atoms with Gasteiger partial charge in [0.05, 0.1) is 35.2 Å². The number of carbonyl (C=O) groups is 1. The predicted octanol–water partition coefficient (Wildman–Crippen LogP) is 2.93. The Morgan fingerprint density at radius 1 is 0.972 bits per heavy atom. The van der Waals surface area contributed by atoms with Crippen LogP contribution < -0.4 is 19.1 Å². The second-order valence-corrected chi connectivity index (χ2v) is 12.2. The summed E-state index contributed by atoms with van der Waals surface area (Å²) in [5.74, 6) is 0.289. The van der Waals surface area contributed by atoms with Crippen molar-refractivity contribution in [2.24, 2.45) is 0 Å². The van der Waals surface area contributed by atoms with Crippen LogP contribution in [0.2, 0.25) is 0 Å². The maximum Gasteiger partial charge on any atom is 0.264 e. The van der Waals surface area contributed by atoms with E-state index in [4.69, 9.17) is 9.47 Å². The van der Waals surface area contributed by atoms with E-state index in [2.05, 4.69) is 5.32 Å². The molecule has 1 N–H and O–H groups in total. The van der Waals surface area contributed by atoms with Crippen molar-refractivity contribution in [2.75, 3.05) is 24.2 Å². The Hall–Kier alpha value is -3.57. The third-order valence-corrected chi connectivity index (χ3v) is 8.76. The van der Waals surface area contributed by atoms with Crippen molar-refractivity contribution in [3.8, 4) is 11.5 Å². The molecule has 0 saturated heterocycles. The molecule has 0 unspecified atom stereocenters. The lowest BCUT2D eigenvalue weighted by molar-refractivity contribution is -0.128. The summed E-state index contributed by atoms with van der Waals surface area (Å²) in [5.41, 5.74) is 1.02. The van der Waals surface area contributed by atoms with Crippen LogP contribution >= 0.6 is 0 Å². The number of hydrogen-bond donors (Lipinski definition) is 1. The number of carbonyl (C=O) groups excluding carboxylic acids is 1. The monoisotopic (exact) mass is 530 g/mol. The number of nitrogens with zero attached hydrogens (tertiary/aromatic N) is 1. The van der Waals surface area contributed by atoms with Crippen molar-refractivity contribution >= 4 is 31.5 Å². The SMILES string of the molecule is COc1ccc(S(=O)(=O)N2C[C@H](C(=O)N[C@@H](C)c3ccc(S(C)(=O)=O)cc3)Oc3ccccc32)cc1. The van der Waals surface area contributed by atoms with Crippen LogP contribution in [0, 0.1) is 0 Å². The molecule has 1 heterocycles. The number of sulfonamides is 1. The van der Waals surface area contributed by atoms with Gasteiger partial charge >= 0.3 is 0 Å². The van der Waals surface area contributed by atoms with E-state index in [-0.39, 0.29) is 22.1 Å². The molecule has 4 rings (SSSR count). The number of rotatable bonds is 7. The molecule has 0 saturated carbocycles. The largest absolute Gasteiger partial charge is 0.497 e. The van der Waals surface area contributed by atoms with E-state index < -0.39 is 37.9 Å². The fourth-order valence-electron chi connectivity index (χ4n) is 3.83. The zero-order valence-corrected chi connectivity index (χ0v) is 21.5. The highest BCUT2D eigenvalue weighted by Gasteiger charge is 2.37. The lowest BCUT2D eigenvalue weighted by atomic mass is 10.1. The van der Waals surface area contributed by atoms with Crippen LogP contribution in [0.4, 0.5) is 5.69 Å². The third kappa shape index (κ3) is 5.17. The first-order chi connectivity index (χ1) is 17.0. The molecular weight excluding hydrogens is 504 g/mol. The van der Waals surface area contributed by atoms with Crippen molar-refractivity contribution in [1.29, 1.82) is 0 Å². The van der Waals surface area contributed by atoms with Gasteiger partial charge in [0.15, 0.2) is 15.9 Å². The van der Waals surface area contributed by atoms with E-state index in [1.165, 1.54) is 35.7 Å². The van der Waals surface area contributed by atoms with Gasteiger partial charge in [0.1, 0.15) is 11.5 Å². The number of amides is 1. The minimum absolute atomic E-state index is 0.0542. The van der Waals surface area contributed by atoms with E-state index in [0.29, 0.717) is 17.0 Å². The first-order valence-electron chi connectivity index (χ1n) is 11.0. The van der Waals surface area contributed by atoms with Gasteiger partial charge < -0.3 is 14.8 Å². The summed E-state index contributed by atoms with van der Waals surface area (Å²) in [6.45, 7) is 1.52. The molecule has 0 aliphatic carbocycles. The number of fused-ring (bicyclic) bond motifs is 1. The molecular formula is C25H26N2O7S2. The van der Waals surface area contributed by atoms with Crippen molar-refractivity contribution < 1.29 is 31.1 Å². The van der Waals surface area contributed by atoms with Gasteiger partial charge in [0, 0.05) is 6.26 Å². The molecule has 0 aromatic heterocycles. The Balaban J connectivity index is 1.57. The molecule has 9 nitrogen and oxygen atoms in total. The molecule has 11 heteroatoms. The number of anilines is 1. The van der Waals surface area contributed by atoms with Gasteiger partial charge in [-0.1, -0.05) is 24.3 Å². The number of para-hydroxylation sites is 2. The van der Waals surface area contributed by atoms with Crippen LogP contribution in [0.3, 0.4) is 0 Å². The smallest absolute Gasteiger partial charge is 0.264 e. The van der Waals surface area contributed by atoms with Crippen LogP contribution in [-0.4, -0.2) is 48.8 Å². The van der Waals surface area contributed by atoms with Crippen LogP contribution in [0.1, 0.15) is 18.5 Å². The maximum atomic E-state index is 13.5. The fourth-order valence-corrected chi connectivity index (χ4v) is 5.94. The molecule has 0 bridgehead atoms. The van der Waals surface area contributed by atoms with Crippen LogP contribution in [-0.2, 0) is 24.7 Å². The van der Waals surface area contributed by atoms with Gasteiger partial charge in [-0.25, -0.2) is 16.8 Å². The lowest BCUT2D eigenvalue weighted by Gasteiger charge is -2.35. The second-order valence-electron chi connectivity index (χ2n) is 8.36. The molecule has 3 aromatic carbocycles. The van der Waals surface area contributed by atoms with Gasteiger partial charge in [0.2, 0.25) is 0 Å². The van der Waals surface area contributed by atoms with Crippen LogP contribution in [0.15, 0.2) is 82.6 Å². The van der Waals surface area contributed by atoms with Crippen molar-refractivity contribution in [3.05, 3.63) is 78.4 Å². The van der Waals surface area contributed by atoms with E-state index in [1.54, 1.807) is 55.5 Å². The third-order valence-electron chi connectivity index (χ3n) is 5.84. The zero-order chi connectivity index (χ0) is 26.1. The number of methoxy groups -OCH3 is 1. The minimum atomic E-state index is -4.01. The molecule has 2 atom stereocenters. The van der Waals surface area contributed by atoms with E-state index in [0.717, 1.165) is 6.26 Å². The van der Waals surface area contributed by atoms with Gasteiger partial charge in [0.25, 0.3) is 15.9 Å². The molecule has 36 heavy (non-hydrogen) atoms. The summed E-state index contributed by atoms with van der Waals surface area (Å²) in [6.07, 6.45) is 0.0164. The minimum Gasteiger partial charge on any atom is -0.497 e. The van der Waals surface area contributed by atoms with Gasteiger partial charge in [-0.15, -0.1) is 0 Å². The van der Waals surface area contributed by atoms with Crippen LogP contribution in [0.5, 0.6) is 11.5 Å². The topological polar surface area (TPSA) is 119 Å². The van der Waals surface area contributed by atoms with Crippen molar-refractivity contribution in [3.63, 3.8) is 0 Å². The molecule has 0 fully saturated rings. The van der Waals surface area contributed by atoms with Gasteiger partial charge in [-0.2, -0.15) is 0 Å². The van der Waals surface area contributed by atoms with Crippen molar-refractivity contribution in [1.82, 2.24) is 5.32 Å². The van der Waals surface area contributed by atoms with Gasteiger partial charge in [-0.05, 0) is 61.0 Å². The Morgan fingerprint density at radius 2 is 1.58 bits per heavy atom. The number of sulfone groups is 1. The Morgan fingerprint density at radius 3 is 2.19 bits per heavy atom. The first-order valence-corrected chi connectivity index (χ1v) is 14.4. The standard InChI is InChI=1S/C25H26N2O7S2/c1-17(18-8-12-20(13-9-18)35(3,29)30)26-25(28)24-16-27(22-6-4-5-7-23(22)34-24)36(31,32)21-14-10-19(33-2)11-15-21/h4-15,17,24H,16H2,1-3H3,(H,26,28)/t17-,24+/m0/s1. The Kier molecular flexibility index (Phi) is 6.96. The normalized spacial score (nSPS) is 16.4. The average molecular weight is 531 g/mol. The summed E-state index contributed by atoms with van der Waals surface area (Å²) >= 11 is 0. The average Bonchev–Trinajstić information content (AvgIpc) is 2.87. The molecule has 190 valence electrons. The first kappa shape index (κ1) is 25.5. The molecule has 1 amide bonds. The van der Waals surface area contributed by atoms with Crippen molar-refractivity contribution in [2.45, 2.75) is 28.9 Å².